The van der Waals surface area contributed by atoms with E-state index in [1.807, 2.05) is 12.1 Å². The standard InChI is InChI=1S/C25H31NO2/c1-16-7-8-20(17(2)11-16)12-18(3)26-19(4)21-9-10-22-14-24(27-5)25(28-6)15-23(22)13-21/h7-11,13-15,18-19,26H,12H2,1-6H3. The van der Waals surface area contributed by atoms with Crippen molar-refractivity contribution in [2.75, 3.05) is 14.2 Å². The summed E-state index contributed by atoms with van der Waals surface area (Å²) in [6.45, 7) is 8.82. The first kappa shape index (κ1) is 20.2. The molecule has 0 aromatic heterocycles. The van der Waals surface area contributed by atoms with E-state index in [0.29, 0.717) is 6.04 Å². The molecule has 0 spiro atoms. The van der Waals surface area contributed by atoms with Crippen LogP contribution in [-0.2, 0) is 6.42 Å². The highest BCUT2D eigenvalue weighted by atomic mass is 16.5. The molecule has 0 fully saturated rings. The van der Waals surface area contributed by atoms with E-state index in [4.69, 9.17) is 9.47 Å². The first-order valence-electron chi connectivity index (χ1n) is 9.89. The summed E-state index contributed by atoms with van der Waals surface area (Å²) >= 11 is 0. The second-order valence-corrected chi connectivity index (χ2v) is 7.74. The lowest BCUT2D eigenvalue weighted by Crippen LogP contribution is -2.30. The lowest BCUT2D eigenvalue weighted by molar-refractivity contribution is 0.356. The minimum absolute atomic E-state index is 0.262. The van der Waals surface area contributed by atoms with Gasteiger partial charge in [-0.2, -0.15) is 0 Å². The molecule has 3 rings (SSSR count). The molecule has 0 aliphatic carbocycles. The van der Waals surface area contributed by atoms with Crippen molar-refractivity contribution in [3.8, 4) is 11.5 Å². The molecule has 2 unspecified atom stereocenters. The van der Waals surface area contributed by atoms with E-state index in [2.05, 4.69) is 69.4 Å². The van der Waals surface area contributed by atoms with E-state index < -0.39 is 0 Å². The third-order valence-corrected chi connectivity index (χ3v) is 5.43. The van der Waals surface area contributed by atoms with Gasteiger partial charge in [-0.15, -0.1) is 0 Å². The quantitative estimate of drug-likeness (QED) is 0.568. The number of ether oxygens (including phenoxy) is 2. The van der Waals surface area contributed by atoms with Gasteiger partial charge in [0.05, 0.1) is 14.2 Å². The van der Waals surface area contributed by atoms with Crippen LogP contribution in [0.4, 0.5) is 0 Å². The highest BCUT2D eigenvalue weighted by Gasteiger charge is 2.13. The highest BCUT2D eigenvalue weighted by Crippen LogP contribution is 2.33. The van der Waals surface area contributed by atoms with Crippen LogP contribution in [0.25, 0.3) is 10.8 Å². The van der Waals surface area contributed by atoms with Crippen LogP contribution in [0.1, 0.15) is 42.1 Å². The maximum Gasteiger partial charge on any atom is 0.161 e. The van der Waals surface area contributed by atoms with E-state index >= 15 is 0 Å². The normalized spacial score (nSPS) is 13.4. The van der Waals surface area contributed by atoms with E-state index in [1.165, 1.54) is 22.3 Å². The molecular formula is C25H31NO2. The summed E-state index contributed by atoms with van der Waals surface area (Å²) in [5.74, 6) is 1.52. The summed E-state index contributed by atoms with van der Waals surface area (Å²) in [5, 5.41) is 6.05. The second kappa shape index (κ2) is 8.66. The predicted molar refractivity (Wildman–Crippen MR) is 118 cm³/mol. The van der Waals surface area contributed by atoms with Crippen molar-refractivity contribution in [1.29, 1.82) is 0 Å². The average Bonchev–Trinajstić information content (AvgIpc) is 2.68. The Labute approximate surface area is 168 Å². The molecule has 148 valence electrons. The monoisotopic (exact) mass is 377 g/mol. The Morgan fingerprint density at radius 2 is 1.50 bits per heavy atom. The Bertz CT molecular complexity index is 964. The van der Waals surface area contributed by atoms with E-state index in [1.54, 1.807) is 14.2 Å². The summed E-state index contributed by atoms with van der Waals surface area (Å²) in [4.78, 5) is 0. The molecule has 0 radical (unpaired) electrons. The first-order chi connectivity index (χ1) is 13.4. The van der Waals surface area contributed by atoms with Crippen LogP contribution in [0, 0.1) is 13.8 Å². The molecule has 0 amide bonds. The molecule has 0 heterocycles. The largest absolute Gasteiger partial charge is 0.493 e. The zero-order chi connectivity index (χ0) is 20.3. The molecule has 0 saturated carbocycles. The lowest BCUT2D eigenvalue weighted by atomic mass is 9.98. The number of hydrogen-bond donors (Lipinski definition) is 1. The number of rotatable bonds is 7. The molecule has 0 aliphatic heterocycles. The van der Waals surface area contributed by atoms with Gasteiger partial charge in [-0.1, -0.05) is 35.9 Å². The Hall–Kier alpha value is -2.52. The Morgan fingerprint density at radius 3 is 2.14 bits per heavy atom. The molecule has 0 saturated heterocycles. The molecule has 3 nitrogen and oxygen atoms in total. The van der Waals surface area contributed by atoms with Crippen molar-refractivity contribution in [3.63, 3.8) is 0 Å². The van der Waals surface area contributed by atoms with Crippen LogP contribution in [0.15, 0.2) is 48.5 Å². The third-order valence-electron chi connectivity index (χ3n) is 5.43. The molecule has 0 aliphatic rings. The molecule has 1 N–H and O–H groups in total. The van der Waals surface area contributed by atoms with Gasteiger partial charge in [0, 0.05) is 12.1 Å². The summed E-state index contributed by atoms with van der Waals surface area (Å²) in [6, 6.07) is 18.0. The number of methoxy groups -OCH3 is 2. The summed E-state index contributed by atoms with van der Waals surface area (Å²) in [7, 11) is 3.34. The molecule has 0 bridgehead atoms. The van der Waals surface area contributed by atoms with Gasteiger partial charge < -0.3 is 14.8 Å². The van der Waals surface area contributed by atoms with Gasteiger partial charge >= 0.3 is 0 Å². The fourth-order valence-electron chi connectivity index (χ4n) is 3.85. The van der Waals surface area contributed by atoms with Gasteiger partial charge in [0.1, 0.15) is 0 Å². The van der Waals surface area contributed by atoms with Crippen molar-refractivity contribution >= 4 is 10.8 Å². The number of fused-ring (bicyclic) bond motifs is 1. The predicted octanol–water partition coefficient (Wildman–Crippen LogP) is 5.76. The van der Waals surface area contributed by atoms with Gasteiger partial charge in [-0.3, -0.25) is 0 Å². The minimum Gasteiger partial charge on any atom is -0.493 e. The smallest absolute Gasteiger partial charge is 0.161 e. The first-order valence-corrected chi connectivity index (χ1v) is 9.89. The molecule has 28 heavy (non-hydrogen) atoms. The van der Waals surface area contributed by atoms with Crippen LogP contribution in [0.3, 0.4) is 0 Å². The molecular weight excluding hydrogens is 346 g/mol. The third kappa shape index (κ3) is 4.48. The highest BCUT2D eigenvalue weighted by molar-refractivity contribution is 5.86. The van der Waals surface area contributed by atoms with Crippen molar-refractivity contribution < 1.29 is 9.47 Å². The van der Waals surface area contributed by atoms with E-state index in [9.17, 15) is 0 Å². The van der Waals surface area contributed by atoms with E-state index in [0.717, 1.165) is 28.7 Å². The fraction of sp³-hybridized carbons (Fsp3) is 0.360. The van der Waals surface area contributed by atoms with Gasteiger partial charge in [-0.05, 0) is 79.8 Å². The maximum absolute atomic E-state index is 5.45. The number of aryl methyl sites for hydroxylation is 2. The number of benzene rings is 3. The topological polar surface area (TPSA) is 30.5 Å². The molecule has 3 aromatic rings. The van der Waals surface area contributed by atoms with Crippen molar-refractivity contribution in [2.45, 2.75) is 46.2 Å². The van der Waals surface area contributed by atoms with Crippen LogP contribution in [-0.4, -0.2) is 20.3 Å². The van der Waals surface area contributed by atoms with Gasteiger partial charge in [0.2, 0.25) is 0 Å². The van der Waals surface area contributed by atoms with Gasteiger partial charge in [0.25, 0.3) is 0 Å². The fourth-order valence-corrected chi connectivity index (χ4v) is 3.85. The van der Waals surface area contributed by atoms with Crippen LogP contribution in [0.5, 0.6) is 11.5 Å². The Kier molecular flexibility index (Phi) is 6.25. The van der Waals surface area contributed by atoms with Crippen molar-refractivity contribution in [2.24, 2.45) is 0 Å². The Balaban J connectivity index is 1.75. The Morgan fingerprint density at radius 1 is 0.821 bits per heavy atom. The van der Waals surface area contributed by atoms with Crippen LogP contribution < -0.4 is 14.8 Å². The maximum atomic E-state index is 5.45. The molecule has 2 atom stereocenters. The van der Waals surface area contributed by atoms with Crippen LogP contribution in [0.2, 0.25) is 0 Å². The lowest BCUT2D eigenvalue weighted by Gasteiger charge is -2.22. The summed E-state index contributed by atoms with van der Waals surface area (Å²) < 4.78 is 10.9. The van der Waals surface area contributed by atoms with Crippen LogP contribution >= 0.6 is 0 Å². The SMILES string of the molecule is COc1cc2ccc(C(C)NC(C)Cc3ccc(C)cc3C)cc2cc1OC. The summed E-state index contributed by atoms with van der Waals surface area (Å²) in [5.41, 5.74) is 5.37. The average molecular weight is 378 g/mol. The second-order valence-electron chi connectivity index (χ2n) is 7.74. The zero-order valence-electron chi connectivity index (χ0n) is 17.8. The van der Waals surface area contributed by atoms with E-state index in [-0.39, 0.29) is 6.04 Å². The zero-order valence-corrected chi connectivity index (χ0v) is 17.8. The minimum atomic E-state index is 0.262. The van der Waals surface area contributed by atoms with Gasteiger partial charge in [0.15, 0.2) is 11.5 Å². The number of nitrogens with one attached hydrogen (secondary N) is 1. The molecule has 3 heteroatoms. The van der Waals surface area contributed by atoms with Crippen molar-refractivity contribution in [1.82, 2.24) is 5.32 Å². The van der Waals surface area contributed by atoms with Gasteiger partial charge in [-0.25, -0.2) is 0 Å². The summed E-state index contributed by atoms with van der Waals surface area (Å²) in [6.07, 6.45) is 1.02. The van der Waals surface area contributed by atoms with Crippen molar-refractivity contribution in [3.05, 3.63) is 70.8 Å². The number of hydrogen-bond acceptors (Lipinski definition) is 3. The molecule has 3 aromatic carbocycles.